The van der Waals surface area contributed by atoms with Crippen molar-refractivity contribution in [2.45, 2.75) is 19.9 Å². The molecule has 8 nitrogen and oxygen atoms in total. The van der Waals surface area contributed by atoms with Crippen molar-refractivity contribution in [2.24, 2.45) is 0 Å². The van der Waals surface area contributed by atoms with E-state index in [-0.39, 0.29) is 5.91 Å². The summed E-state index contributed by atoms with van der Waals surface area (Å²) in [6, 6.07) is 0. The fraction of sp³-hybridized carbons (Fsp3) is 0.400. The molecule has 0 aromatic carbocycles. The Balaban J connectivity index is 1.93. The van der Waals surface area contributed by atoms with Crippen LogP contribution < -0.4 is 11.1 Å². The van der Waals surface area contributed by atoms with Crippen LogP contribution in [0.15, 0.2) is 17.1 Å². The molecule has 2 heterocycles. The van der Waals surface area contributed by atoms with Crippen LogP contribution in [0.2, 0.25) is 0 Å². The van der Waals surface area contributed by atoms with Crippen LogP contribution in [0.25, 0.3) is 0 Å². The van der Waals surface area contributed by atoms with Crippen LogP contribution in [0.5, 0.6) is 0 Å². The summed E-state index contributed by atoms with van der Waals surface area (Å²) < 4.78 is 6.15. The predicted molar refractivity (Wildman–Crippen MR) is 62.6 cm³/mol. The molecule has 0 bridgehead atoms. The molecule has 0 unspecified atom stereocenters. The number of carbonyl (C=O) groups excluding carboxylic acids is 1. The zero-order chi connectivity index (χ0) is 13.0. The third-order valence-corrected chi connectivity index (χ3v) is 2.42. The third kappa shape index (κ3) is 2.47. The van der Waals surface area contributed by atoms with E-state index in [9.17, 15) is 4.79 Å². The first-order valence-corrected chi connectivity index (χ1v) is 5.57. The van der Waals surface area contributed by atoms with E-state index in [1.165, 1.54) is 12.6 Å². The Hall–Kier alpha value is -2.38. The predicted octanol–water partition coefficient (Wildman–Crippen LogP) is -0.159. The van der Waals surface area contributed by atoms with Crippen molar-refractivity contribution in [1.82, 2.24) is 25.2 Å². The van der Waals surface area contributed by atoms with Gasteiger partial charge in [0, 0.05) is 19.5 Å². The molecule has 18 heavy (non-hydrogen) atoms. The fourth-order valence-electron chi connectivity index (χ4n) is 1.56. The largest absolute Gasteiger partial charge is 0.396 e. The number of nitrogens with two attached hydrogens (primary N) is 1. The summed E-state index contributed by atoms with van der Waals surface area (Å²) in [5.41, 5.74) is 6.45. The zero-order valence-electron chi connectivity index (χ0n) is 9.96. The highest BCUT2D eigenvalue weighted by Crippen LogP contribution is 2.10. The number of nitrogens with one attached hydrogen (secondary N) is 1. The van der Waals surface area contributed by atoms with Gasteiger partial charge < -0.3 is 15.6 Å². The first-order chi connectivity index (χ1) is 8.72. The second kappa shape index (κ2) is 5.30. The lowest BCUT2D eigenvalue weighted by Gasteiger charge is -2.06. The number of carbonyl (C=O) groups is 1. The molecule has 0 fully saturated rings. The quantitative estimate of drug-likeness (QED) is 0.762. The molecule has 2 rings (SSSR count). The topological polar surface area (TPSA) is 112 Å². The minimum absolute atomic E-state index is 0.254. The number of aromatic nitrogens is 4. The van der Waals surface area contributed by atoms with E-state index < -0.39 is 0 Å². The molecule has 0 spiro atoms. The standard InChI is InChI=1S/C10H14N6O2/c1-2-16-9(7(11)5-14-16)10(17)12-4-3-8-13-6-18-15-8/h5-6H,2-4,11H2,1H3,(H,12,17). The zero-order valence-corrected chi connectivity index (χ0v) is 9.96. The molecule has 0 atom stereocenters. The summed E-state index contributed by atoms with van der Waals surface area (Å²) in [7, 11) is 0. The van der Waals surface area contributed by atoms with Crippen LogP contribution in [0.1, 0.15) is 23.2 Å². The van der Waals surface area contributed by atoms with Crippen molar-refractivity contribution in [3.63, 3.8) is 0 Å². The van der Waals surface area contributed by atoms with Gasteiger partial charge in [0.25, 0.3) is 5.91 Å². The minimum atomic E-state index is -0.254. The number of anilines is 1. The smallest absolute Gasteiger partial charge is 0.271 e. The number of hydrogen-bond acceptors (Lipinski definition) is 6. The third-order valence-electron chi connectivity index (χ3n) is 2.42. The molecule has 0 saturated carbocycles. The van der Waals surface area contributed by atoms with Gasteiger partial charge >= 0.3 is 0 Å². The van der Waals surface area contributed by atoms with Gasteiger partial charge in [0.15, 0.2) is 5.82 Å². The normalized spacial score (nSPS) is 10.5. The van der Waals surface area contributed by atoms with E-state index in [0.717, 1.165) is 0 Å². The highest BCUT2D eigenvalue weighted by molar-refractivity contribution is 5.97. The summed E-state index contributed by atoms with van der Waals surface area (Å²) in [5.74, 6) is 0.294. The van der Waals surface area contributed by atoms with Crippen LogP contribution >= 0.6 is 0 Å². The Morgan fingerprint density at radius 3 is 3.11 bits per heavy atom. The van der Waals surface area contributed by atoms with Crippen molar-refractivity contribution in [2.75, 3.05) is 12.3 Å². The monoisotopic (exact) mass is 250 g/mol. The molecule has 0 aliphatic carbocycles. The van der Waals surface area contributed by atoms with Crippen molar-refractivity contribution in [1.29, 1.82) is 0 Å². The molecule has 0 saturated heterocycles. The highest BCUT2D eigenvalue weighted by atomic mass is 16.5. The van der Waals surface area contributed by atoms with Gasteiger partial charge in [-0.2, -0.15) is 10.1 Å². The van der Waals surface area contributed by atoms with Crippen LogP contribution in [0.3, 0.4) is 0 Å². The second-order valence-corrected chi connectivity index (χ2v) is 3.62. The second-order valence-electron chi connectivity index (χ2n) is 3.62. The van der Waals surface area contributed by atoms with Crippen molar-refractivity contribution >= 4 is 11.6 Å². The van der Waals surface area contributed by atoms with Gasteiger partial charge in [0.05, 0.1) is 11.9 Å². The average molecular weight is 250 g/mol. The fourth-order valence-corrected chi connectivity index (χ4v) is 1.56. The number of nitrogens with zero attached hydrogens (tertiary/aromatic N) is 4. The number of hydrogen-bond donors (Lipinski definition) is 2. The molecule has 2 aromatic rings. The Morgan fingerprint density at radius 2 is 2.44 bits per heavy atom. The van der Waals surface area contributed by atoms with E-state index >= 15 is 0 Å². The SMILES string of the molecule is CCn1ncc(N)c1C(=O)NCCc1ncon1. The summed E-state index contributed by atoms with van der Waals surface area (Å²) in [4.78, 5) is 15.8. The summed E-state index contributed by atoms with van der Waals surface area (Å²) in [6.07, 6.45) is 3.22. The molecular weight excluding hydrogens is 236 g/mol. The Morgan fingerprint density at radius 1 is 1.61 bits per heavy atom. The molecule has 96 valence electrons. The van der Waals surface area contributed by atoms with Crippen molar-refractivity contribution < 1.29 is 9.32 Å². The maximum absolute atomic E-state index is 11.9. The van der Waals surface area contributed by atoms with E-state index in [0.29, 0.717) is 36.7 Å². The molecule has 8 heteroatoms. The average Bonchev–Trinajstić information content (AvgIpc) is 2.98. The van der Waals surface area contributed by atoms with Gasteiger partial charge in [0.1, 0.15) is 5.69 Å². The van der Waals surface area contributed by atoms with E-state index in [4.69, 9.17) is 5.73 Å². The van der Waals surface area contributed by atoms with Crippen LogP contribution in [-0.4, -0.2) is 32.4 Å². The lowest BCUT2D eigenvalue weighted by Crippen LogP contribution is -2.29. The van der Waals surface area contributed by atoms with E-state index in [1.54, 1.807) is 4.68 Å². The van der Waals surface area contributed by atoms with Gasteiger partial charge in [-0.15, -0.1) is 0 Å². The molecule has 0 radical (unpaired) electrons. The Kier molecular flexibility index (Phi) is 3.56. The number of amides is 1. The molecule has 3 N–H and O–H groups in total. The molecule has 0 aliphatic heterocycles. The Bertz CT molecular complexity index is 518. The maximum atomic E-state index is 11.9. The summed E-state index contributed by atoms with van der Waals surface area (Å²) >= 11 is 0. The van der Waals surface area contributed by atoms with Crippen molar-refractivity contribution in [3.05, 3.63) is 24.1 Å². The first kappa shape index (κ1) is 12.1. The minimum Gasteiger partial charge on any atom is -0.396 e. The van der Waals surface area contributed by atoms with E-state index in [2.05, 4.69) is 25.1 Å². The van der Waals surface area contributed by atoms with E-state index in [1.807, 2.05) is 6.92 Å². The lowest BCUT2D eigenvalue weighted by atomic mass is 10.3. The number of aryl methyl sites for hydroxylation is 1. The highest BCUT2D eigenvalue weighted by Gasteiger charge is 2.15. The summed E-state index contributed by atoms with van der Waals surface area (Å²) in [5, 5.41) is 10.4. The van der Waals surface area contributed by atoms with Crippen molar-refractivity contribution in [3.8, 4) is 0 Å². The van der Waals surface area contributed by atoms with Crippen LogP contribution in [0, 0.1) is 0 Å². The van der Waals surface area contributed by atoms with Crippen LogP contribution in [-0.2, 0) is 13.0 Å². The lowest BCUT2D eigenvalue weighted by molar-refractivity contribution is 0.0944. The van der Waals surface area contributed by atoms with Gasteiger partial charge in [-0.1, -0.05) is 5.16 Å². The van der Waals surface area contributed by atoms with Gasteiger partial charge in [0.2, 0.25) is 6.39 Å². The van der Waals surface area contributed by atoms with Gasteiger partial charge in [-0.05, 0) is 6.92 Å². The summed E-state index contributed by atoms with van der Waals surface area (Å²) in [6.45, 7) is 2.89. The molecule has 0 aliphatic rings. The number of nitrogen functional groups attached to an aromatic ring is 1. The molecule has 1 amide bonds. The first-order valence-electron chi connectivity index (χ1n) is 5.57. The molecule has 2 aromatic heterocycles. The molecular formula is C10H14N6O2. The number of rotatable bonds is 5. The maximum Gasteiger partial charge on any atom is 0.271 e. The Labute approximate surface area is 103 Å². The van der Waals surface area contributed by atoms with Gasteiger partial charge in [-0.3, -0.25) is 9.48 Å². The van der Waals surface area contributed by atoms with Gasteiger partial charge in [-0.25, -0.2) is 0 Å². The van der Waals surface area contributed by atoms with Crippen LogP contribution in [0.4, 0.5) is 5.69 Å².